The third-order valence-electron chi connectivity index (χ3n) is 4.81. The molecule has 4 unspecified atom stereocenters. The fraction of sp³-hybridized carbons (Fsp3) is 1.00. The molecular weight excluding hydrogens is 252 g/mol. The first-order valence-electron chi connectivity index (χ1n) is 6.81. The molecule has 4 nitrogen and oxygen atoms in total. The van der Waals surface area contributed by atoms with Crippen molar-refractivity contribution >= 4 is 9.84 Å². The average molecular weight is 276 g/mol. The van der Waals surface area contributed by atoms with Gasteiger partial charge in [-0.3, -0.25) is 0 Å². The van der Waals surface area contributed by atoms with Crippen molar-refractivity contribution in [2.45, 2.75) is 49.9 Å². The summed E-state index contributed by atoms with van der Waals surface area (Å²) in [7, 11) is -2.98. The minimum atomic E-state index is -2.98. The standard InChI is InChI=1S/C13H24O4S/c1-13(14,11-6-7-17-9-11)10-4-3-5-12(8-10)18(2,15)16/h10-12,14H,3-9H2,1-2H3. The zero-order valence-electron chi connectivity index (χ0n) is 11.3. The van der Waals surface area contributed by atoms with Crippen LogP contribution in [-0.2, 0) is 14.6 Å². The van der Waals surface area contributed by atoms with E-state index in [0.717, 1.165) is 25.7 Å². The van der Waals surface area contributed by atoms with Gasteiger partial charge in [0, 0.05) is 18.8 Å². The zero-order valence-corrected chi connectivity index (χ0v) is 12.1. The predicted molar refractivity (Wildman–Crippen MR) is 70.1 cm³/mol. The van der Waals surface area contributed by atoms with Crippen LogP contribution >= 0.6 is 0 Å². The third-order valence-corrected chi connectivity index (χ3v) is 6.45. The van der Waals surface area contributed by atoms with E-state index < -0.39 is 15.4 Å². The molecule has 1 saturated heterocycles. The first kappa shape index (κ1) is 14.3. The molecule has 0 aromatic rings. The van der Waals surface area contributed by atoms with E-state index in [0.29, 0.717) is 19.6 Å². The van der Waals surface area contributed by atoms with E-state index in [1.54, 1.807) is 0 Å². The van der Waals surface area contributed by atoms with Crippen LogP contribution in [0.2, 0.25) is 0 Å². The Bertz CT molecular complexity index is 382. The molecule has 0 radical (unpaired) electrons. The molecule has 106 valence electrons. The number of ether oxygens (including phenoxy) is 1. The molecule has 1 aliphatic heterocycles. The smallest absolute Gasteiger partial charge is 0.150 e. The minimum Gasteiger partial charge on any atom is -0.390 e. The summed E-state index contributed by atoms with van der Waals surface area (Å²) in [6.07, 6.45) is 5.36. The van der Waals surface area contributed by atoms with Crippen molar-refractivity contribution in [1.82, 2.24) is 0 Å². The van der Waals surface area contributed by atoms with Gasteiger partial charge in [0.2, 0.25) is 0 Å². The molecule has 4 atom stereocenters. The van der Waals surface area contributed by atoms with Gasteiger partial charge in [0.1, 0.15) is 9.84 Å². The molecule has 18 heavy (non-hydrogen) atoms. The molecule has 0 bridgehead atoms. The fourth-order valence-electron chi connectivity index (χ4n) is 3.39. The van der Waals surface area contributed by atoms with E-state index >= 15 is 0 Å². The van der Waals surface area contributed by atoms with Gasteiger partial charge in [-0.15, -0.1) is 0 Å². The van der Waals surface area contributed by atoms with E-state index in [4.69, 9.17) is 4.74 Å². The molecule has 0 aromatic carbocycles. The van der Waals surface area contributed by atoms with Gasteiger partial charge >= 0.3 is 0 Å². The normalized spacial score (nSPS) is 37.4. The van der Waals surface area contributed by atoms with Crippen LogP contribution in [0.4, 0.5) is 0 Å². The highest BCUT2D eigenvalue weighted by Gasteiger charge is 2.44. The van der Waals surface area contributed by atoms with Gasteiger partial charge in [0.25, 0.3) is 0 Å². The lowest BCUT2D eigenvalue weighted by atomic mass is 9.71. The van der Waals surface area contributed by atoms with E-state index in [1.165, 1.54) is 6.26 Å². The quantitative estimate of drug-likeness (QED) is 0.846. The Hall–Kier alpha value is -0.130. The van der Waals surface area contributed by atoms with Crippen molar-refractivity contribution in [2.75, 3.05) is 19.5 Å². The Kier molecular flexibility index (Phi) is 4.04. The molecule has 1 aliphatic carbocycles. The van der Waals surface area contributed by atoms with Crippen molar-refractivity contribution in [2.24, 2.45) is 11.8 Å². The van der Waals surface area contributed by atoms with Gasteiger partial charge in [-0.1, -0.05) is 6.42 Å². The maximum Gasteiger partial charge on any atom is 0.150 e. The van der Waals surface area contributed by atoms with Gasteiger partial charge < -0.3 is 9.84 Å². The third kappa shape index (κ3) is 2.89. The average Bonchev–Trinajstić information content (AvgIpc) is 2.82. The molecule has 0 aromatic heterocycles. The highest BCUT2D eigenvalue weighted by molar-refractivity contribution is 7.91. The summed E-state index contributed by atoms with van der Waals surface area (Å²) >= 11 is 0. The molecular formula is C13H24O4S. The maximum atomic E-state index is 11.7. The van der Waals surface area contributed by atoms with E-state index in [1.807, 2.05) is 6.92 Å². The maximum absolute atomic E-state index is 11.7. The number of rotatable bonds is 3. The van der Waals surface area contributed by atoms with Crippen LogP contribution in [0.1, 0.15) is 39.0 Å². The number of sulfone groups is 1. The topological polar surface area (TPSA) is 63.6 Å². The summed E-state index contributed by atoms with van der Waals surface area (Å²) in [5.41, 5.74) is -0.792. The largest absolute Gasteiger partial charge is 0.390 e. The fourth-order valence-corrected chi connectivity index (χ4v) is 4.57. The van der Waals surface area contributed by atoms with E-state index in [2.05, 4.69) is 0 Å². The van der Waals surface area contributed by atoms with Gasteiger partial charge in [0.05, 0.1) is 17.5 Å². The predicted octanol–water partition coefficient (Wildman–Crippen LogP) is 1.38. The lowest BCUT2D eigenvalue weighted by molar-refractivity contribution is -0.0663. The van der Waals surface area contributed by atoms with Crippen LogP contribution in [0.3, 0.4) is 0 Å². The number of hydrogen-bond acceptors (Lipinski definition) is 4. The Morgan fingerprint density at radius 2 is 1.94 bits per heavy atom. The zero-order chi connectivity index (χ0) is 13.4. The molecule has 2 rings (SSSR count). The van der Waals surface area contributed by atoms with Crippen LogP contribution in [0.5, 0.6) is 0 Å². The van der Waals surface area contributed by atoms with Crippen LogP contribution < -0.4 is 0 Å². The Labute approximate surface area is 110 Å². The molecule has 1 heterocycles. The molecule has 5 heteroatoms. The van der Waals surface area contributed by atoms with Crippen LogP contribution in [0.15, 0.2) is 0 Å². The second-order valence-corrected chi connectivity index (χ2v) is 8.43. The van der Waals surface area contributed by atoms with Crippen LogP contribution in [0.25, 0.3) is 0 Å². The Morgan fingerprint density at radius 3 is 2.50 bits per heavy atom. The highest BCUT2D eigenvalue weighted by Crippen LogP contribution is 2.41. The first-order valence-corrected chi connectivity index (χ1v) is 8.76. The van der Waals surface area contributed by atoms with E-state index in [9.17, 15) is 13.5 Å². The summed E-state index contributed by atoms with van der Waals surface area (Å²) in [6, 6.07) is 0. The summed E-state index contributed by atoms with van der Waals surface area (Å²) in [6.45, 7) is 3.18. The summed E-state index contributed by atoms with van der Waals surface area (Å²) in [5.74, 6) is 0.235. The van der Waals surface area contributed by atoms with Gasteiger partial charge in [-0.2, -0.15) is 0 Å². The summed E-state index contributed by atoms with van der Waals surface area (Å²) < 4.78 is 28.7. The van der Waals surface area contributed by atoms with Crippen molar-refractivity contribution in [1.29, 1.82) is 0 Å². The lowest BCUT2D eigenvalue weighted by Crippen LogP contribution is -2.46. The second kappa shape index (κ2) is 5.10. The Balaban J connectivity index is 2.08. The van der Waals surface area contributed by atoms with Gasteiger partial charge in [-0.25, -0.2) is 8.42 Å². The molecule has 0 amide bonds. The number of hydrogen-bond donors (Lipinski definition) is 1. The van der Waals surface area contributed by atoms with Crippen molar-refractivity contribution in [3.8, 4) is 0 Å². The summed E-state index contributed by atoms with van der Waals surface area (Å²) in [5, 5.41) is 10.5. The SMILES string of the molecule is CC(O)(C1CCOC1)C1CCCC(S(C)(=O)=O)C1. The lowest BCUT2D eigenvalue weighted by Gasteiger charge is -2.41. The second-order valence-electron chi connectivity index (χ2n) is 6.10. The highest BCUT2D eigenvalue weighted by atomic mass is 32.2. The monoisotopic (exact) mass is 276 g/mol. The van der Waals surface area contributed by atoms with Gasteiger partial charge in [-0.05, 0) is 38.5 Å². The molecule has 1 N–H and O–H groups in total. The summed E-state index contributed by atoms with van der Waals surface area (Å²) in [4.78, 5) is 0. The van der Waals surface area contributed by atoms with Crippen molar-refractivity contribution in [3.05, 3.63) is 0 Å². The number of aliphatic hydroxyl groups is 1. The molecule has 0 spiro atoms. The van der Waals surface area contributed by atoms with Crippen LogP contribution in [0, 0.1) is 11.8 Å². The van der Waals surface area contributed by atoms with E-state index in [-0.39, 0.29) is 17.1 Å². The minimum absolute atomic E-state index is 0.0812. The van der Waals surface area contributed by atoms with Crippen molar-refractivity contribution < 1.29 is 18.3 Å². The molecule has 2 fully saturated rings. The Morgan fingerprint density at radius 1 is 1.22 bits per heavy atom. The van der Waals surface area contributed by atoms with Gasteiger partial charge in [0.15, 0.2) is 0 Å². The van der Waals surface area contributed by atoms with Crippen molar-refractivity contribution in [3.63, 3.8) is 0 Å². The molecule has 1 saturated carbocycles. The first-order chi connectivity index (χ1) is 8.32. The molecule has 2 aliphatic rings. The van der Waals surface area contributed by atoms with Crippen LogP contribution in [-0.4, -0.2) is 43.8 Å².